The summed E-state index contributed by atoms with van der Waals surface area (Å²) in [5.41, 5.74) is 0. The predicted molar refractivity (Wildman–Crippen MR) is 43.5 cm³/mol. The summed E-state index contributed by atoms with van der Waals surface area (Å²) >= 11 is 3.43. The molecule has 0 radical (unpaired) electrons. The van der Waals surface area contributed by atoms with Crippen LogP contribution in [0.5, 0.6) is 0 Å². The van der Waals surface area contributed by atoms with Crippen LogP contribution in [0.15, 0.2) is 12.7 Å². The van der Waals surface area contributed by atoms with Crippen molar-refractivity contribution in [2.75, 3.05) is 13.2 Å². The van der Waals surface area contributed by atoms with Crippen LogP contribution < -0.4 is 5.32 Å². The maximum atomic E-state index is 10.5. The topological polar surface area (TPSA) is 55.4 Å². The average Bonchev–Trinajstić information content (AvgIpc) is 1.97. The summed E-state index contributed by atoms with van der Waals surface area (Å²) in [6, 6.07) is 0. The molecular formula is C6H9NO3S. The number of nitrogens with one attached hydrogen (secondary N) is 1. The summed E-state index contributed by atoms with van der Waals surface area (Å²) in [5, 5.41) is 1.77. The zero-order valence-corrected chi connectivity index (χ0v) is 6.77. The van der Waals surface area contributed by atoms with E-state index in [2.05, 4.69) is 29.3 Å². The molecule has 0 aliphatic carbocycles. The molecular weight excluding hydrogens is 166 g/mol. The first-order chi connectivity index (χ1) is 5.16. The van der Waals surface area contributed by atoms with Crippen LogP contribution >= 0.6 is 12.6 Å². The van der Waals surface area contributed by atoms with Crippen molar-refractivity contribution in [3.63, 3.8) is 0 Å². The largest absolute Gasteiger partial charge is 0.445 e. The number of thiol groups is 1. The lowest BCUT2D eigenvalue weighted by Crippen LogP contribution is -2.28. The molecule has 5 heteroatoms. The molecule has 0 rings (SSSR count). The first-order valence-electron chi connectivity index (χ1n) is 2.90. The van der Waals surface area contributed by atoms with Crippen molar-refractivity contribution in [2.24, 2.45) is 0 Å². The molecule has 0 fully saturated rings. The Morgan fingerprint density at radius 2 is 2.27 bits per heavy atom. The van der Waals surface area contributed by atoms with E-state index in [4.69, 9.17) is 0 Å². The Morgan fingerprint density at radius 3 is 2.73 bits per heavy atom. The standard InChI is InChI=1S/C6H9NO3S/c1-2-3-10-6(9)7-4-5(8)11/h2H,1,3-4H2,(H,7,9)(H,8,11). The number of ether oxygens (including phenoxy) is 1. The molecule has 0 aliphatic rings. The Labute approximate surface area is 70.0 Å². The van der Waals surface area contributed by atoms with Crippen LogP contribution in [0.1, 0.15) is 0 Å². The minimum Gasteiger partial charge on any atom is -0.445 e. The lowest BCUT2D eigenvalue weighted by Gasteiger charge is -2.01. The fourth-order valence-electron chi connectivity index (χ4n) is 0.333. The van der Waals surface area contributed by atoms with E-state index in [1.807, 2.05) is 0 Å². The van der Waals surface area contributed by atoms with Gasteiger partial charge in [0.05, 0.1) is 6.54 Å². The maximum absolute atomic E-state index is 10.5. The van der Waals surface area contributed by atoms with E-state index in [0.29, 0.717) is 0 Å². The Morgan fingerprint density at radius 1 is 1.64 bits per heavy atom. The van der Waals surface area contributed by atoms with Gasteiger partial charge in [-0.15, -0.1) is 12.6 Å². The number of amides is 1. The lowest BCUT2D eigenvalue weighted by atomic mass is 10.7. The fourth-order valence-corrected chi connectivity index (χ4v) is 0.412. The third-order valence-electron chi connectivity index (χ3n) is 0.716. The summed E-state index contributed by atoms with van der Waals surface area (Å²) < 4.78 is 4.49. The van der Waals surface area contributed by atoms with E-state index in [-0.39, 0.29) is 13.2 Å². The number of rotatable bonds is 4. The molecule has 0 bridgehead atoms. The second-order valence-electron chi connectivity index (χ2n) is 1.63. The molecule has 0 unspecified atom stereocenters. The molecule has 1 amide bonds. The van der Waals surface area contributed by atoms with Gasteiger partial charge < -0.3 is 10.1 Å². The van der Waals surface area contributed by atoms with Gasteiger partial charge >= 0.3 is 6.09 Å². The highest BCUT2D eigenvalue weighted by Crippen LogP contribution is 1.79. The smallest absolute Gasteiger partial charge is 0.407 e. The molecule has 11 heavy (non-hydrogen) atoms. The molecule has 0 aliphatic heterocycles. The number of carbonyl (C=O) groups is 2. The number of hydrogen-bond acceptors (Lipinski definition) is 3. The van der Waals surface area contributed by atoms with Crippen molar-refractivity contribution < 1.29 is 14.3 Å². The molecule has 62 valence electrons. The van der Waals surface area contributed by atoms with Crippen LogP contribution in [0, 0.1) is 0 Å². The van der Waals surface area contributed by atoms with Crippen LogP contribution in [-0.2, 0) is 9.53 Å². The molecule has 0 aromatic heterocycles. The third kappa shape index (κ3) is 6.92. The van der Waals surface area contributed by atoms with Crippen molar-refractivity contribution in [1.82, 2.24) is 5.32 Å². The summed E-state index contributed by atoms with van der Waals surface area (Å²) in [6.45, 7) is 3.35. The Kier molecular flexibility index (Phi) is 5.28. The Balaban J connectivity index is 3.37. The van der Waals surface area contributed by atoms with Crippen molar-refractivity contribution in [2.45, 2.75) is 0 Å². The molecule has 0 spiro atoms. The number of alkyl carbamates (subject to hydrolysis) is 1. The average molecular weight is 175 g/mol. The Hall–Kier alpha value is -0.970. The molecule has 0 aromatic carbocycles. The van der Waals surface area contributed by atoms with Gasteiger partial charge in [-0.05, 0) is 0 Å². The minimum atomic E-state index is -0.646. The van der Waals surface area contributed by atoms with E-state index < -0.39 is 11.2 Å². The second kappa shape index (κ2) is 5.79. The van der Waals surface area contributed by atoms with Crippen LogP contribution in [-0.4, -0.2) is 24.4 Å². The van der Waals surface area contributed by atoms with Crippen molar-refractivity contribution in [1.29, 1.82) is 0 Å². The summed E-state index contributed by atoms with van der Waals surface area (Å²) in [7, 11) is 0. The molecule has 0 saturated heterocycles. The quantitative estimate of drug-likeness (QED) is 0.479. The summed E-state index contributed by atoms with van der Waals surface area (Å²) in [6.07, 6.45) is 0.787. The van der Waals surface area contributed by atoms with Gasteiger partial charge in [0.15, 0.2) is 0 Å². The predicted octanol–water partition coefficient (Wildman–Crippen LogP) is 0.355. The second-order valence-corrected chi connectivity index (χ2v) is 2.13. The van der Waals surface area contributed by atoms with Gasteiger partial charge in [0.1, 0.15) is 6.61 Å². The van der Waals surface area contributed by atoms with Crippen LogP contribution in [0.25, 0.3) is 0 Å². The highest BCUT2D eigenvalue weighted by atomic mass is 32.1. The van der Waals surface area contributed by atoms with E-state index >= 15 is 0 Å². The van der Waals surface area contributed by atoms with Crippen molar-refractivity contribution in [3.05, 3.63) is 12.7 Å². The van der Waals surface area contributed by atoms with E-state index in [1.165, 1.54) is 6.08 Å². The molecule has 4 nitrogen and oxygen atoms in total. The van der Waals surface area contributed by atoms with Gasteiger partial charge in [0, 0.05) is 0 Å². The van der Waals surface area contributed by atoms with Gasteiger partial charge in [0.2, 0.25) is 5.12 Å². The SMILES string of the molecule is C=CCOC(=O)NCC(=O)S. The van der Waals surface area contributed by atoms with Crippen LogP contribution in [0.3, 0.4) is 0 Å². The highest BCUT2D eigenvalue weighted by Gasteiger charge is 2.00. The first-order valence-corrected chi connectivity index (χ1v) is 3.35. The van der Waals surface area contributed by atoms with Gasteiger partial charge in [0.25, 0.3) is 0 Å². The zero-order chi connectivity index (χ0) is 8.69. The van der Waals surface area contributed by atoms with E-state index in [1.54, 1.807) is 0 Å². The minimum absolute atomic E-state index is 0.126. The first kappa shape index (κ1) is 10.0. The van der Waals surface area contributed by atoms with Gasteiger partial charge in [-0.1, -0.05) is 12.7 Å². The van der Waals surface area contributed by atoms with E-state index in [0.717, 1.165) is 0 Å². The van der Waals surface area contributed by atoms with Crippen LogP contribution in [0.2, 0.25) is 0 Å². The van der Waals surface area contributed by atoms with Crippen LogP contribution in [0.4, 0.5) is 4.79 Å². The number of carbonyl (C=O) groups excluding carboxylic acids is 2. The van der Waals surface area contributed by atoms with Crippen molar-refractivity contribution in [3.8, 4) is 0 Å². The third-order valence-corrected chi connectivity index (χ3v) is 0.874. The van der Waals surface area contributed by atoms with E-state index in [9.17, 15) is 9.59 Å². The summed E-state index contributed by atoms with van der Waals surface area (Å²) in [4.78, 5) is 20.7. The highest BCUT2D eigenvalue weighted by molar-refractivity contribution is 7.96. The maximum Gasteiger partial charge on any atom is 0.407 e. The molecule has 0 aromatic rings. The molecule has 0 atom stereocenters. The molecule has 0 saturated carbocycles. The molecule has 0 heterocycles. The molecule has 1 N–H and O–H groups in total. The van der Waals surface area contributed by atoms with Gasteiger partial charge in [-0.25, -0.2) is 4.79 Å². The Bertz CT molecular complexity index is 169. The number of hydrogen-bond donors (Lipinski definition) is 2. The van der Waals surface area contributed by atoms with Crippen molar-refractivity contribution >= 4 is 23.8 Å². The summed E-state index contributed by atoms with van der Waals surface area (Å²) in [5.74, 6) is 0. The van der Waals surface area contributed by atoms with Gasteiger partial charge in [-0.3, -0.25) is 4.79 Å². The lowest BCUT2D eigenvalue weighted by molar-refractivity contribution is -0.110. The zero-order valence-electron chi connectivity index (χ0n) is 5.87. The monoisotopic (exact) mass is 175 g/mol. The van der Waals surface area contributed by atoms with Gasteiger partial charge in [-0.2, -0.15) is 0 Å². The fraction of sp³-hybridized carbons (Fsp3) is 0.333. The normalized spacial score (nSPS) is 8.45.